The molecule has 0 spiro atoms. The van der Waals surface area contributed by atoms with Crippen LogP contribution in [-0.2, 0) is 20.9 Å². The molecule has 3 atom stereocenters. The van der Waals surface area contributed by atoms with Gasteiger partial charge in [-0.2, -0.15) is 0 Å². The highest BCUT2D eigenvalue weighted by Crippen LogP contribution is 2.16. The van der Waals surface area contributed by atoms with Crippen molar-refractivity contribution in [2.75, 3.05) is 6.54 Å². The van der Waals surface area contributed by atoms with E-state index in [1.165, 1.54) is 0 Å². The number of hydrogen-bond acceptors (Lipinski definition) is 7. The average Bonchev–Trinajstić information content (AvgIpc) is 2.81. The number of benzene rings is 1. The number of nitrogens with one attached hydrogen (secondary N) is 3. The van der Waals surface area contributed by atoms with Crippen molar-refractivity contribution in [1.82, 2.24) is 16.0 Å². The Hall–Kier alpha value is -2.69. The van der Waals surface area contributed by atoms with Crippen molar-refractivity contribution in [2.45, 2.75) is 91.3 Å². The first-order valence-corrected chi connectivity index (χ1v) is 13.0. The van der Waals surface area contributed by atoms with Crippen LogP contribution in [0, 0.1) is 17.8 Å². The van der Waals surface area contributed by atoms with E-state index in [0.29, 0.717) is 12.8 Å². The fraction of sp³-hybridized carbons (Fsp3) is 0.667. The van der Waals surface area contributed by atoms with E-state index < -0.39 is 48.4 Å². The quantitative estimate of drug-likeness (QED) is 0.192. The van der Waals surface area contributed by atoms with Crippen molar-refractivity contribution >= 4 is 17.9 Å². The Morgan fingerprint density at radius 2 is 1.30 bits per heavy atom. The molecular formula is C27H46N4O6. The number of hydrogen-bond donors (Lipinski definition) is 6. The summed E-state index contributed by atoms with van der Waals surface area (Å²) in [6, 6.07) is 6.29. The molecule has 1 rings (SSSR count). The van der Waals surface area contributed by atoms with Crippen LogP contribution < -0.4 is 21.7 Å². The number of nitrogens with two attached hydrogens (primary N) is 1. The van der Waals surface area contributed by atoms with E-state index in [0.717, 1.165) is 5.56 Å². The van der Waals surface area contributed by atoms with Gasteiger partial charge in [0.2, 0.25) is 11.8 Å². The zero-order valence-corrected chi connectivity index (χ0v) is 23.0. The fourth-order valence-electron chi connectivity index (χ4n) is 3.83. The van der Waals surface area contributed by atoms with Gasteiger partial charge in [-0.3, -0.25) is 9.59 Å². The molecular weight excluding hydrogens is 476 g/mol. The molecule has 1 aromatic rings. The van der Waals surface area contributed by atoms with Crippen molar-refractivity contribution in [1.29, 1.82) is 0 Å². The Bertz CT molecular complexity index is 845. The first kappa shape index (κ1) is 32.3. The zero-order valence-electron chi connectivity index (χ0n) is 23.0. The van der Waals surface area contributed by atoms with Crippen LogP contribution in [-0.4, -0.2) is 58.6 Å². The lowest BCUT2D eigenvalue weighted by molar-refractivity contribution is -0.180. The highest BCUT2D eigenvalue weighted by Gasteiger charge is 2.37. The van der Waals surface area contributed by atoms with E-state index in [1.807, 2.05) is 71.9 Å². The third-order valence-corrected chi connectivity index (χ3v) is 5.75. The second-order valence-corrected chi connectivity index (χ2v) is 10.9. The molecule has 0 aliphatic rings. The number of ether oxygens (including phenoxy) is 1. The van der Waals surface area contributed by atoms with E-state index in [4.69, 9.17) is 10.5 Å². The summed E-state index contributed by atoms with van der Waals surface area (Å²) in [4.78, 5) is 38.9. The minimum absolute atomic E-state index is 0.0504. The number of rotatable bonds is 15. The average molecular weight is 523 g/mol. The van der Waals surface area contributed by atoms with Crippen molar-refractivity contribution in [3.05, 3.63) is 35.9 Å². The van der Waals surface area contributed by atoms with Gasteiger partial charge in [-0.1, -0.05) is 71.9 Å². The van der Waals surface area contributed by atoms with Crippen LogP contribution in [0.25, 0.3) is 0 Å². The van der Waals surface area contributed by atoms with E-state index in [1.54, 1.807) is 0 Å². The predicted molar refractivity (Wildman–Crippen MR) is 142 cm³/mol. The largest absolute Gasteiger partial charge is 0.445 e. The summed E-state index contributed by atoms with van der Waals surface area (Å²) in [6.07, 6.45) is 0.190. The lowest BCUT2D eigenvalue weighted by Crippen LogP contribution is -2.61. The maximum absolute atomic E-state index is 13.2. The molecule has 0 aliphatic carbocycles. The maximum atomic E-state index is 13.2. The molecule has 1 aromatic carbocycles. The molecule has 0 unspecified atom stereocenters. The molecule has 0 radical (unpaired) electrons. The Labute approximate surface area is 220 Å². The molecule has 3 amide bonds. The van der Waals surface area contributed by atoms with Gasteiger partial charge in [-0.15, -0.1) is 0 Å². The molecule has 210 valence electrons. The van der Waals surface area contributed by atoms with E-state index in [9.17, 15) is 24.6 Å². The molecule has 0 bridgehead atoms. The lowest BCUT2D eigenvalue weighted by Gasteiger charge is -2.34. The molecule has 0 aromatic heterocycles. The van der Waals surface area contributed by atoms with Crippen LogP contribution in [0.4, 0.5) is 4.79 Å². The van der Waals surface area contributed by atoms with Crippen LogP contribution in [0.2, 0.25) is 0 Å². The number of alkyl carbamates (subject to hydrolysis) is 1. The highest BCUT2D eigenvalue weighted by molar-refractivity contribution is 5.91. The van der Waals surface area contributed by atoms with Gasteiger partial charge in [0, 0.05) is 6.54 Å². The number of carbonyl (C=O) groups excluding carboxylic acids is 3. The SMILES string of the molecule is CC(C)C[C@H](NC(=O)OCc1ccccc1)C(=O)N[C@@H](CC(C)C)C(=O)N[C@@H](CC(C)C)C(O)(O)CN. The second-order valence-electron chi connectivity index (χ2n) is 10.9. The van der Waals surface area contributed by atoms with Gasteiger partial charge in [0.15, 0.2) is 5.79 Å². The fourth-order valence-corrected chi connectivity index (χ4v) is 3.83. The lowest BCUT2D eigenvalue weighted by atomic mass is 9.95. The van der Waals surface area contributed by atoms with Gasteiger partial charge in [-0.05, 0) is 42.6 Å². The van der Waals surface area contributed by atoms with E-state index in [-0.39, 0.29) is 30.8 Å². The number of carbonyl (C=O) groups is 3. The van der Waals surface area contributed by atoms with Gasteiger partial charge in [0.25, 0.3) is 0 Å². The summed E-state index contributed by atoms with van der Waals surface area (Å²) in [5.41, 5.74) is 6.33. The van der Waals surface area contributed by atoms with Gasteiger partial charge >= 0.3 is 6.09 Å². The maximum Gasteiger partial charge on any atom is 0.408 e. The van der Waals surface area contributed by atoms with Gasteiger partial charge in [0.05, 0.1) is 6.04 Å². The minimum atomic E-state index is -2.30. The van der Waals surface area contributed by atoms with E-state index >= 15 is 0 Å². The first-order chi connectivity index (χ1) is 17.2. The van der Waals surface area contributed by atoms with Crippen molar-refractivity contribution < 1.29 is 29.3 Å². The van der Waals surface area contributed by atoms with Gasteiger partial charge in [0.1, 0.15) is 18.7 Å². The van der Waals surface area contributed by atoms with Crippen LogP contribution >= 0.6 is 0 Å². The molecule has 0 saturated carbocycles. The summed E-state index contributed by atoms with van der Waals surface area (Å²) < 4.78 is 5.27. The third kappa shape index (κ3) is 12.4. The van der Waals surface area contributed by atoms with E-state index in [2.05, 4.69) is 16.0 Å². The number of amides is 3. The topological polar surface area (TPSA) is 163 Å². The molecule has 0 aliphatic heterocycles. The zero-order chi connectivity index (χ0) is 28.2. The summed E-state index contributed by atoms with van der Waals surface area (Å²) in [5.74, 6) is -3.19. The van der Waals surface area contributed by atoms with Gasteiger partial charge < -0.3 is 36.6 Å². The van der Waals surface area contributed by atoms with Crippen molar-refractivity contribution in [3.63, 3.8) is 0 Å². The molecule has 0 heterocycles. The predicted octanol–water partition coefficient (Wildman–Crippen LogP) is 2.03. The monoisotopic (exact) mass is 522 g/mol. The Balaban J connectivity index is 2.96. The van der Waals surface area contributed by atoms with Gasteiger partial charge in [-0.25, -0.2) is 4.79 Å². The van der Waals surface area contributed by atoms with Crippen LogP contribution in [0.5, 0.6) is 0 Å². The molecule has 10 heteroatoms. The molecule has 10 nitrogen and oxygen atoms in total. The smallest absolute Gasteiger partial charge is 0.408 e. The van der Waals surface area contributed by atoms with Crippen LogP contribution in [0.1, 0.15) is 66.4 Å². The number of aliphatic hydroxyl groups is 2. The van der Waals surface area contributed by atoms with Crippen molar-refractivity contribution in [2.24, 2.45) is 23.5 Å². The molecule has 0 saturated heterocycles. The molecule has 7 N–H and O–H groups in total. The highest BCUT2D eigenvalue weighted by atomic mass is 16.5. The van der Waals surface area contributed by atoms with Crippen LogP contribution in [0.15, 0.2) is 30.3 Å². The Morgan fingerprint density at radius 1 is 0.811 bits per heavy atom. The summed E-state index contributed by atoms with van der Waals surface area (Å²) in [5, 5.41) is 28.6. The summed E-state index contributed by atoms with van der Waals surface area (Å²) in [7, 11) is 0. The second kappa shape index (κ2) is 15.5. The Morgan fingerprint density at radius 3 is 1.78 bits per heavy atom. The third-order valence-electron chi connectivity index (χ3n) is 5.75. The first-order valence-electron chi connectivity index (χ1n) is 13.0. The Kier molecular flexibility index (Phi) is 13.6. The minimum Gasteiger partial charge on any atom is -0.445 e. The normalized spacial score (nSPS) is 14.3. The molecule has 37 heavy (non-hydrogen) atoms. The molecule has 0 fully saturated rings. The van der Waals surface area contributed by atoms with Crippen LogP contribution in [0.3, 0.4) is 0 Å². The van der Waals surface area contributed by atoms with Crippen molar-refractivity contribution in [3.8, 4) is 0 Å². The standard InChI is InChI=1S/C27H46N4O6/c1-17(2)12-21(25(33)31-23(14-19(5)6)27(35,36)16-28)29-24(32)22(13-18(3)4)30-26(34)37-15-20-10-8-7-9-11-20/h7-11,17-19,21-23,35-36H,12-16,28H2,1-6H3,(H,29,32)(H,30,34)(H,31,33)/t21-,22-,23-/m0/s1. The summed E-state index contributed by atoms with van der Waals surface area (Å²) in [6.45, 7) is 11.0. The summed E-state index contributed by atoms with van der Waals surface area (Å²) >= 11 is 0.